The molecule has 0 saturated carbocycles. The molecule has 16 nitrogen and oxygen atoms in total. The van der Waals surface area contributed by atoms with E-state index in [9.17, 15) is 9.59 Å². The van der Waals surface area contributed by atoms with E-state index in [4.69, 9.17) is 66.3 Å². The van der Waals surface area contributed by atoms with Crippen LogP contribution < -0.4 is 0 Å². The lowest BCUT2D eigenvalue weighted by atomic mass is 10.5. The van der Waals surface area contributed by atoms with E-state index in [0.717, 1.165) is 0 Å². The third-order valence-electron chi connectivity index (χ3n) is 5.60. The third-order valence-corrected chi connectivity index (χ3v) is 5.60. The largest absolute Gasteiger partial charge is 0.466 e. The molecule has 16 heteroatoms. The third kappa shape index (κ3) is 40.6. The molecule has 0 fully saturated rings. The Morgan fingerprint density at radius 1 is 0.271 bits per heavy atom. The number of esters is 2. The van der Waals surface area contributed by atoms with E-state index < -0.39 is 0 Å². The first kappa shape index (κ1) is 46.5. The van der Waals surface area contributed by atoms with E-state index in [2.05, 4.69) is 0 Å². The monoisotopic (exact) mass is 702 g/mol. The van der Waals surface area contributed by atoms with Crippen molar-refractivity contribution in [1.29, 1.82) is 0 Å². The fourth-order valence-electron chi connectivity index (χ4n) is 3.30. The molecule has 0 heterocycles. The van der Waals surface area contributed by atoms with Gasteiger partial charge in [-0.25, -0.2) is 0 Å². The van der Waals surface area contributed by atoms with Crippen LogP contribution in [-0.2, 0) is 75.9 Å². The Kier molecular flexibility index (Phi) is 40.3. The summed E-state index contributed by atoms with van der Waals surface area (Å²) < 4.78 is 74.6. The quantitative estimate of drug-likeness (QED) is 0.0657. The van der Waals surface area contributed by atoms with Gasteiger partial charge in [0.25, 0.3) is 0 Å². The molecule has 0 aromatic heterocycles. The summed E-state index contributed by atoms with van der Waals surface area (Å²) in [4.78, 5) is 22.3. The predicted octanol–water partition coefficient (Wildman–Crippen LogP) is 1.09. The Labute approximate surface area is 286 Å². The summed E-state index contributed by atoms with van der Waals surface area (Å²) in [6.07, 6.45) is 0.504. The molecule has 0 radical (unpaired) electrons. The second-order valence-corrected chi connectivity index (χ2v) is 9.46. The summed E-state index contributed by atoms with van der Waals surface area (Å²) >= 11 is 0. The molecule has 0 aromatic carbocycles. The molecule has 0 atom stereocenters. The van der Waals surface area contributed by atoms with Crippen molar-refractivity contribution in [2.45, 2.75) is 26.7 Å². The van der Waals surface area contributed by atoms with E-state index in [1.54, 1.807) is 13.8 Å². The normalized spacial score (nSPS) is 11.3. The van der Waals surface area contributed by atoms with Crippen LogP contribution in [0, 0.1) is 0 Å². The van der Waals surface area contributed by atoms with Crippen LogP contribution in [0.4, 0.5) is 0 Å². The van der Waals surface area contributed by atoms with Crippen molar-refractivity contribution in [1.82, 2.24) is 0 Å². The number of hydrogen-bond acceptors (Lipinski definition) is 16. The molecule has 0 spiro atoms. The fraction of sp³-hybridized carbons (Fsp3) is 0.938. The first-order valence-electron chi connectivity index (χ1n) is 16.9. The second-order valence-electron chi connectivity index (χ2n) is 9.46. The molecule has 0 bridgehead atoms. The summed E-state index contributed by atoms with van der Waals surface area (Å²) in [5.74, 6) is -0.509. The average molecular weight is 703 g/mol. The Bertz CT molecular complexity index is 604. The number of carbonyl (C=O) groups excluding carboxylic acids is 2. The van der Waals surface area contributed by atoms with E-state index >= 15 is 0 Å². The minimum Gasteiger partial charge on any atom is -0.466 e. The minimum absolute atomic E-state index is 0.252. The second kappa shape index (κ2) is 41.6. The molecule has 0 N–H and O–H groups in total. The molecule has 0 amide bonds. The van der Waals surface area contributed by atoms with Crippen molar-refractivity contribution >= 4 is 11.9 Å². The molecule has 0 aliphatic heterocycles. The SMILES string of the molecule is CCOC(=O)CCOCCOCCOCCOCCOCCOCCOCCOCCOCCOCCOCCOCCC(=O)OCC. The highest BCUT2D eigenvalue weighted by molar-refractivity contribution is 5.69. The maximum absolute atomic E-state index is 11.1. The van der Waals surface area contributed by atoms with Gasteiger partial charge < -0.3 is 66.3 Å². The maximum Gasteiger partial charge on any atom is 0.308 e. The molecule has 0 rings (SSSR count). The zero-order valence-corrected chi connectivity index (χ0v) is 29.3. The Morgan fingerprint density at radius 2 is 0.417 bits per heavy atom. The lowest BCUT2D eigenvalue weighted by Gasteiger charge is -2.09. The van der Waals surface area contributed by atoms with E-state index in [1.807, 2.05) is 0 Å². The van der Waals surface area contributed by atoms with Gasteiger partial charge in [0.1, 0.15) is 0 Å². The van der Waals surface area contributed by atoms with Crippen molar-refractivity contribution in [3.63, 3.8) is 0 Å². The molecular weight excluding hydrogens is 640 g/mol. The van der Waals surface area contributed by atoms with E-state index in [-0.39, 0.29) is 24.8 Å². The fourth-order valence-corrected chi connectivity index (χ4v) is 3.30. The first-order valence-corrected chi connectivity index (χ1v) is 16.9. The van der Waals surface area contributed by atoms with Crippen molar-refractivity contribution in [3.8, 4) is 0 Å². The zero-order chi connectivity index (χ0) is 34.9. The first-order chi connectivity index (χ1) is 23.7. The van der Waals surface area contributed by atoms with Crippen LogP contribution in [-0.4, -0.2) is 184 Å². The lowest BCUT2D eigenvalue weighted by Crippen LogP contribution is -2.15. The highest BCUT2D eigenvalue weighted by Gasteiger charge is 2.02. The number of rotatable bonds is 41. The van der Waals surface area contributed by atoms with Crippen LogP contribution in [0.1, 0.15) is 26.7 Å². The van der Waals surface area contributed by atoms with Gasteiger partial charge >= 0.3 is 11.9 Å². The van der Waals surface area contributed by atoms with Gasteiger partial charge in [-0.05, 0) is 13.8 Å². The maximum atomic E-state index is 11.1. The van der Waals surface area contributed by atoms with Gasteiger partial charge in [0.2, 0.25) is 0 Å². The highest BCUT2D eigenvalue weighted by Crippen LogP contribution is 1.91. The molecule has 0 aromatic rings. The van der Waals surface area contributed by atoms with E-state index in [0.29, 0.717) is 172 Å². The number of carbonyl (C=O) groups is 2. The number of hydrogen-bond donors (Lipinski definition) is 0. The van der Waals surface area contributed by atoms with Crippen molar-refractivity contribution < 1.29 is 75.9 Å². The Morgan fingerprint density at radius 3 is 0.562 bits per heavy atom. The molecule has 0 saturated heterocycles. The highest BCUT2D eigenvalue weighted by atomic mass is 16.6. The standard InChI is InChI=1S/C32H62O16/c1-3-47-31(33)5-7-35-9-11-37-13-15-39-17-19-41-21-23-43-25-27-45-29-30-46-28-26-44-24-22-42-20-18-40-16-14-38-12-10-36-8-6-32(34)48-4-2/h3-30H2,1-2H3. The summed E-state index contributed by atoms with van der Waals surface area (Å²) in [6, 6.07) is 0. The van der Waals surface area contributed by atoms with Gasteiger partial charge in [0.05, 0.1) is 185 Å². The predicted molar refractivity (Wildman–Crippen MR) is 172 cm³/mol. The minimum atomic E-state index is -0.255. The van der Waals surface area contributed by atoms with Gasteiger partial charge in [-0.15, -0.1) is 0 Å². The topological polar surface area (TPSA) is 163 Å². The zero-order valence-electron chi connectivity index (χ0n) is 29.3. The van der Waals surface area contributed by atoms with Crippen molar-refractivity contribution in [2.24, 2.45) is 0 Å². The molecule has 0 aliphatic carbocycles. The Hall–Kier alpha value is -1.54. The van der Waals surface area contributed by atoms with Crippen LogP contribution in [0.2, 0.25) is 0 Å². The van der Waals surface area contributed by atoms with Crippen LogP contribution in [0.25, 0.3) is 0 Å². The van der Waals surface area contributed by atoms with Crippen LogP contribution in [0.15, 0.2) is 0 Å². The van der Waals surface area contributed by atoms with Gasteiger partial charge in [-0.1, -0.05) is 0 Å². The summed E-state index contributed by atoms with van der Waals surface area (Å²) in [7, 11) is 0. The molecule has 286 valence electrons. The van der Waals surface area contributed by atoms with Gasteiger partial charge in [-0.3, -0.25) is 9.59 Å². The summed E-state index contributed by atoms with van der Waals surface area (Å²) in [5.41, 5.74) is 0. The lowest BCUT2D eigenvalue weighted by molar-refractivity contribution is -0.145. The van der Waals surface area contributed by atoms with Crippen LogP contribution in [0.3, 0.4) is 0 Å². The number of ether oxygens (including phenoxy) is 14. The van der Waals surface area contributed by atoms with Gasteiger partial charge in [0.15, 0.2) is 0 Å². The molecular formula is C32H62O16. The molecule has 48 heavy (non-hydrogen) atoms. The van der Waals surface area contributed by atoms with Gasteiger partial charge in [-0.2, -0.15) is 0 Å². The van der Waals surface area contributed by atoms with E-state index in [1.165, 1.54) is 0 Å². The Balaban J connectivity index is 3.08. The molecule has 0 unspecified atom stereocenters. The molecule has 0 aliphatic rings. The van der Waals surface area contributed by atoms with Crippen molar-refractivity contribution in [2.75, 3.05) is 172 Å². The van der Waals surface area contributed by atoms with Crippen molar-refractivity contribution in [3.05, 3.63) is 0 Å². The van der Waals surface area contributed by atoms with Crippen LogP contribution in [0.5, 0.6) is 0 Å². The van der Waals surface area contributed by atoms with Crippen LogP contribution >= 0.6 is 0 Å². The summed E-state index contributed by atoms with van der Waals surface area (Å²) in [6.45, 7) is 15.4. The van der Waals surface area contributed by atoms with Gasteiger partial charge in [0, 0.05) is 0 Å². The summed E-state index contributed by atoms with van der Waals surface area (Å²) in [5, 5.41) is 0. The average Bonchev–Trinajstić information content (AvgIpc) is 3.08. The smallest absolute Gasteiger partial charge is 0.308 e.